The van der Waals surface area contributed by atoms with E-state index in [1.54, 1.807) is 0 Å². The van der Waals surface area contributed by atoms with Gasteiger partial charge in [-0.2, -0.15) is 0 Å². The van der Waals surface area contributed by atoms with E-state index >= 15 is 0 Å². The van der Waals surface area contributed by atoms with Crippen molar-refractivity contribution in [2.75, 3.05) is 12.4 Å². The number of terminal acetylenes is 1. The van der Waals surface area contributed by atoms with Crippen LogP contribution >= 0.6 is 11.8 Å². The predicted octanol–water partition coefficient (Wildman–Crippen LogP) is 2.52. The summed E-state index contributed by atoms with van der Waals surface area (Å²) in [5.74, 6) is 3.93. The first kappa shape index (κ1) is 12.7. The first-order valence-corrected chi connectivity index (χ1v) is 6.05. The highest BCUT2D eigenvalue weighted by molar-refractivity contribution is 8.13. The zero-order valence-corrected chi connectivity index (χ0v) is 10.0. The molecule has 0 saturated carbocycles. The van der Waals surface area contributed by atoms with Crippen molar-refractivity contribution in [3.63, 3.8) is 0 Å². The Morgan fingerprint density at radius 2 is 2.38 bits per heavy atom. The van der Waals surface area contributed by atoms with Gasteiger partial charge in [0.2, 0.25) is 0 Å². The van der Waals surface area contributed by atoms with Crippen molar-refractivity contribution in [2.45, 2.75) is 13.3 Å². The lowest BCUT2D eigenvalue weighted by Gasteiger charge is -2.04. The minimum Gasteiger partial charge on any atom is -0.481 e. The lowest BCUT2D eigenvalue weighted by Crippen LogP contribution is -1.99. The fourth-order valence-electron chi connectivity index (χ4n) is 1.25. The van der Waals surface area contributed by atoms with Gasteiger partial charge in [0.25, 0.3) is 0 Å². The van der Waals surface area contributed by atoms with Crippen LogP contribution in [0.2, 0.25) is 0 Å². The summed E-state index contributed by atoms with van der Waals surface area (Å²) in [4.78, 5) is 11.4. The fraction of sp³-hybridized carbons (Fsp3) is 0.308. The monoisotopic (exact) mass is 234 g/mol. The van der Waals surface area contributed by atoms with E-state index in [1.165, 1.54) is 11.8 Å². The molecule has 0 aliphatic carbocycles. The molecule has 84 valence electrons. The number of hydrogen-bond acceptors (Lipinski definition) is 3. The highest BCUT2D eigenvalue weighted by Crippen LogP contribution is 2.15. The summed E-state index contributed by atoms with van der Waals surface area (Å²) in [5, 5.41) is 0.177. The van der Waals surface area contributed by atoms with Gasteiger partial charge in [0.15, 0.2) is 5.12 Å². The van der Waals surface area contributed by atoms with E-state index in [9.17, 15) is 4.79 Å². The van der Waals surface area contributed by atoms with Gasteiger partial charge < -0.3 is 4.74 Å². The first-order chi connectivity index (χ1) is 7.76. The molecule has 0 unspecified atom stereocenters. The number of ether oxygens (including phenoxy) is 1. The molecule has 0 aliphatic heterocycles. The molecule has 0 saturated heterocycles. The second-order valence-electron chi connectivity index (χ2n) is 3.12. The summed E-state index contributed by atoms with van der Waals surface area (Å²) >= 11 is 1.34. The zero-order valence-electron chi connectivity index (χ0n) is 9.23. The van der Waals surface area contributed by atoms with Crippen LogP contribution < -0.4 is 4.74 Å². The maximum absolute atomic E-state index is 11.4. The summed E-state index contributed by atoms with van der Waals surface area (Å²) in [5.41, 5.74) is 0.959. The van der Waals surface area contributed by atoms with Crippen molar-refractivity contribution in [2.24, 2.45) is 0 Å². The smallest absolute Gasteiger partial charge is 0.193 e. The van der Waals surface area contributed by atoms with Gasteiger partial charge in [-0.15, -0.1) is 6.42 Å². The molecule has 0 bridgehead atoms. The number of thioether (sulfide) groups is 1. The van der Waals surface area contributed by atoms with Crippen LogP contribution in [0.5, 0.6) is 5.75 Å². The van der Waals surface area contributed by atoms with Gasteiger partial charge in [0.05, 0.1) is 0 Å². The maximum atomic E-state index is 11.4. The van der Waals surface area contributed by atoms with Crippen LogP contribution in [0.25, 0.3) is 0 Å². The van der Waals surface area contributed by atoms with Crippen molar-refractivity contribution < 1.29 is 9.53 Å². The third-order valence-electron chi connectivity index (χ3n) is 1.87. The molecule has 2 nitrogen and oxygen atoms in total. The average molecular weight is 234 g/mol. The summed E-state index contributed by atoms with van der Waals surface area (Å²) in [6, 6.07) is 7.46. The van der Waals surface area contributed by atoms with Crippen LogP contribution in [0.3, 0.4) is 0 Å². The molecule has 1 aromatic carbocycles. The molecule has 0 fully saturated rings. The Bertz CT molecular complexity index is 393. The average Bonchev–Trinajstić information content (AvgIpc) is 2.27. The highest BCUT2D eigenvalue weighted by atomic mass is 32.2. The standard InChI is InChI=1S/C13H14O2S/c1-3-8-15-12-7-5-6-11(9-12)10-13(14)16-4-2/h1,5-7,9H,4,8,10H2,2H3. The minimum absolute atomic E-state index is 0.177. The summed E-state index contributed by atoms with van der Waals surface area (Å²) in [6.07, 6.45) is 5.54. The Hall–Kier alpha value is -1.40. The fourth-order valence-corrected chi connectivity index (χ4v) is 1.84. The van der Waals surface area contributed by atoms with E-state index in [4.69, 9.17) is 11.2 Å². The van der Waals surface area contributed by atoms with E-state index in [0.29, 0.717) is 12.2 Å². The van der Waals surface area contributed by atoms with Crippen LogP contribution in [0.15, 0.2) is 24.3 Å². The topological polar surface area (TPSA) is 26.3 Å². The molecule has 0 amide bonds. The van der Waals surface area contributed by atoms with E-state index in [0.717, 1.165) is 11.3 Å². The van der Waals surface area contributed by atoms with Gasteiger partial charge in [-0.3, -0.25) is 4.79 Å². The van der Waals surface area contributed by atoms with Gasteiger partial charge >= 0.3 is 0 Å². The van der Waals surface area contributed by atoms with Crippen molar-refractivity contribution in [3.05, 3.63) is 29.8 Å². The molecular formula is C13H14O2S. The number of carbonyl (C=O) groups is 1. The Labute approximate surface area is 100 Å². The van der Waals surface area contributed by atoms with Crippen molar-refractivity contribution in [1.82, 2.24) is 0 Å². The Morgan fingerprint density at radius 3 is 3.06 bits per heavy atom. The molecule has 0 heterocycles. The van der Waals surface area contributed by atoms with Crippen LogP contribution in [0.4, 0.5) is 0 Å². The normalized spacial score (nSPS) is 9.50. The molecule has 1 aromatic rings. The van der Waals surface area contributed by atoms with Crippen molar-refractivity contribution >= 4 is 16.9 Å². The molecule has 0 aliphatic rings. The van der Waals surface area contributed by atoms with Gasteiger partial charge in [-0.25, -0.2) is 0 Å². The van der Waals surface area contributed by atoms with Gasteiger partial charge in [-0.05, 0) is 23.4 Å². The Kier molecular flexibility index (Phi) is 5.52. The van der Waals surface area contributed by atoms with E-state index in [1.807, 2.05) is 31.2 Å². The van der Waals surface area contributed by atoms with E-state index < -0.39 is 0 Å². The summed E-state index contributed by atoms with van der Waals surface area (Å²) in [7, 11) is 0. The molecule has 3 heteroatoms. The van der Waals surface area contributed by atoms with Gasteiger partial charge in [0, 0.05) is 6.42 Å². The first-order valence-electron chi connectivity index (χ1n) is 5.07. The van der Waals surface area contributed by atoms with E-state index in [2.05, 4.69) is 5.92 Å². The zero-order chi connectivity index (χ0) is 11.8. The Balaban J connectivity index is 2.60. The number of hydrogen-bond donors (Lipinski definition) is 0. The Morgan fingerprint density at radius 1 is 1.56 bits per heavy atom. The van der Waals surface area contributed by atoms with Crippen LogP contribution in [-0.4, -0.2) is 17.5 Å². The minimum atomic E-state index is 0.177. The lowest BCUT2D eigenvalue weighted by molar-refractivity contribution is -0.110. The molecular weight excluding hydrogens is 220 g/mol. The molecule has 0 atom stereocenters. The van der Waals surface area contributed by atoms with Crippen molar-refractivity contribution in [3.8, 4) is 18.1 Å². The largest absolute Gasteiger partial charge is 0.481 e. The quantitative estimate of drug-likeness (QED) is 0.732. The summed E-state index contributed by atoms with van der Waals surface area (Å²) < 4.78 is 5.28. The number of rotatable bonds is 5. The van der Waals surface area contributed by atoms with Gasteiger partial charge in [0.1, 0.15) is 12.4 Å². The predicted molar refractivity (Wildman–Crippen MR) is 67.6 cm³/mol. The highest BCUT2D eigenvalue weighted by Gasteiger charge is 2.04. The number of carbonyl (C=O) groups excluding carboxylic acids is 1. The van der Waals surface area contributed by atoms with Crippen LogP contribution in [0, 0.1) is 12.3 Å². The van der Waals surface area contributed by atoms with Gasteiger partial charge in [-0.1, -0.05) is 36.7 Å². The molecule has 0 radical (unpaired) electrons. The van der Waals surface area contributed by atoms with E-state index in [-0.39, 0.29) is 11.7 Å². The number of benzene rings is 1. The maximum Gasteiger partial charge on any atom is 0.193 e. The molecule has 1 rings (SSSR count). The molecule has 0 N–H and O–H groups in total. The molecule has 16 heavy (non-hydrogen) atoms. The van der Waals surface area contributed by atoms with Crippen LogP contribution in [-0.2, 0) is 11.2 Å². The van der Waals surface area contributed by atoms with Crippen molar-refractivity contribution in [1.29, 1.82) is 0 Å². The third-order valence-corrected chi connectivity index (χ3v) is 2.63. The second-order valence-corrected chi connectivity index (χ2v) is 4.44. The molecule has 0 spiro atoms. The third kappa shape index (κ3) is 4.41. The summed E-state index contributed by atoms with van der Waals surface area (Å²) in [6.45, 7) is 2.22. The lowest BCUT2D eigenvalue weighted by atomic mass is 10.1. The second kappa shape index (κ2) is 6.97. The van der Waals surface area contributed by atoms with Crippen LogP contribution in [0.1, 0.15) is 12.5 Å². The molecule has 0 aromatic heterocycles. The SMILES string of the molecule is C#CCOc1cccc(CC(=O)SCC)c1.